The molecule has 0 bridgehead atoms. The average molecular weight is 207 g/mol. The van der Waals surface area contributed by atoms with Crippen molar-refractivity contribution in [3.05, 3.63) is 18.0 Å². The summed E-state index contributed by atoms with van der Waals surface area (Å²) in [6.07, 6.45) is 9.54. The van der Waals surface area contributed by atoms with Gasteiger partial charge in [-0.05, 0) is 24.7 Å². The molecule has 84 valence electrons. The first-order valence-electron chi connectivity index (χ1n) is 5.92. The SMILES string of the molecule is CCCC1(CNCc2cnn(C)c2)CC1. The molecule has 0 radical (unpaired) electrons. The van der Waals surface area contributed by atoms with Gasteiger partial charge in [0, 0.05) is 31.9 Å². The summed E-state index contributed by atoms with van der Waals surface area (Å²) in [5, 5.41) is 7.71. The van der Waals surface area contributed by atoms with Crippen LogP contribution in [-0.4, -0.2) is 16.3 Å². The van der Waals surface area contributed by atoms with Crippen molar-refractivity contribution in [2.75, 3.05) is 6.54 Å². The molecule has 3 heteroatoms. The van der Waals surface area contributed by atoms with Gasteiger partial charge in [-0.2, -0.15) is 5.10 Å². The number of aromatic nitrogens is 2. The summed E-state index contributed by atoms with van der Waals surface area (Å²) in [6, 6.07) is 0. The van der Waals surface area contributed by atoms with Crippen molar-refractivity contribution in [2.45, 2.75) is 39.2 Å². The van der Waals surface area contributed by atoms with Crippen LogP contribution in [0.2, 0.25) is 0 Å². The van der Waals surface area contributed by atoms with Gasteiger partial charge in [0.15, 0.2) is 0 Å². The van der Waals surface area contributed by atoms with Gasteiger partial charge in [-0.3, -0.25) is 4.68 Å². The third-order valence-electron chi connectivity index (χ3n) is 3.32. The van der Waals surface area contributed by atoms with Crippen LogP contribution in [0.25, 0.3) is 0 Å². The first-order chi connectivity index (χ1) is 7.24. The van der Waals surface area contributed by atoms with Gasteiger partial charge in [-0.1, -0.05) is 13.3 Å². The van der Waals surface area contributed by atoms with Crippen molar-refractivity contribution in [3.8, 4) is 0 Å². The van der Waals surface area contributed by atoms with Gasteiger partial charge >= 0.3 is 0 Å². The molecule has 15 heavy (non-hydrogen) atoms. The Morgan fingerprint density at radius 1 is 1.53 bits per heavy atom. The van der Waals surface area contributed by atoms with Gasteiger partial charge < -0.3 is 5.32 Å². The first kappa shape index (κ1) is 10.7. The lowest BCUT2D eigenvalue weighted by molar-refractivity contribution is 0.421. The molecule has 3 nitrogen and oxygen atoms in total. The van der Waals surface area contributed by atoms with Crippen LogP contribution >= 0.6 is 0 Å². The van der Waals surface area contributed by atoms with Crippen LogP contribution in [0.5, 0.6) is 0 Å². The smallest absolute Gasteiger partial charge is 0.0534 e. The van der Waals surface area contributed by atoms with E-state index in [9.17, 15) is 0 Å². The maximum absolute atomic E-state index is 4.16. The Hall–Kier alpha value is -0.830. The van der Waals surface area contributed by atoms with E-state index >= 15 is 0 Å². The van der Waals surface area contributed by atoms with Crippen LogP contribution in [0, 0.1) is 5.41 Å². The lowest BCUT2D eigenvalue weighted by Crippen LogP contribution is -2.23. The molecule has 0 spiro atoms. The molecule has 1 saturated carbocycles. The number of rotatable bonds is 6. The molecule has 1 aromatic heterocycles. The summed E-state index contributed by atoms with van der Waals surface area (Å²) in [7, 11) is 1.96. The van der Waals surface area contributed by atoms with Crippen LogP contribution in [-0.2, 0) is 13.6 Å². The van der Waals surface area contributed by atoms with Gasteiger partial charge in [-0.15, -0.1) is 0 Å². The Morgan fingerprint density at radius 3 is 2.87 bits per heavy atom. The van der Waals surface area contributed by atoms with E-state index in [4.69, 9.17) is 0 Å². The van der Waals surface area contributed by atoms with E-state index in [-0.39, 0.29) is 0 Å². The standard InChI is InChI=1S/C12H21N3/c1-3-4-12(5-6-12)10-13-7-11-8-14-15(2)9-11/h8-9,13H,3-7,10H2,1-2H3. The number of nitrogens with zero attached hydrogens (tertiary/aromatic N) is 2. The lowest BCUT2D eigenvalue weighted by Gasteiger charge is -2.14. The predicted octanol–water partition coefficient (Wildman–Crippen LogP) is 2.09. The number of hydrogen-bond acceptors (Lipinski definition) is 2. The fourth-order valence-electron chi connectivity index (χ4n) is 2.26. The van der Waals surface area contributed by atoms with Crippen molar-refractivity contribution in [3.63, 3.8) is 0 Å². The van der Waals surface area contributed by atoms with Gasteiger partial charge in [0.2, 0.25) is 0 Å². The number of aryl methyl sites for hydroxylation is 1. The maximum Gasteiger partial charge on any atom is 0.0534 e. The zero-order chi connectivity index (χ0) is 10.7. The van der Waals surface area contributed by atoms with Gasteiger partial charge in [0.05, 0.1) is 6.20 Å². The summed E-state index contributed by atoms with van der Waals surface area (Å²) in [6.45, 7) is 4.41. The van der Waals surface area contributed by atoms with Crippen LogP contribution < -0.4 is 5.32 Å². The van der Waals surface area contributed by atoms with Crippen molar-refractivity contribution < 1.29 is 0 Å². The average Bonchev–Trinajstić information content (AvgIpc) is 2.83. The number of hydrogen-bond donors (Lipinski definition) is 1. The highest BCUT2D eigenvalue weighted by Crippen LogP contribution is 2.48. The Morgan fingerprint density at radius 2 is 2.33 bits per heavy atom. The van der Waals surface area contributed by atoms with Crippen molar-refractivity contribution in [1.82, 2.24) is 15.1 Å². The third-order valence-corrected chi connectivity index (χ3v) is 3.32. The third kappa shape index (κ3) is 2.81. The normalized spacial score (nSPS) is 18.0. The zero-order valence-electron chi connectivity index (χ0n) is 9.79. The quantitative estimate of drug-likeness (QED) is 0.774. The molecule has 1 N–H and O–H groups in total. The Balaban J connectivity index is 1.71. The van der Waals surface area contributed by atoms with Gasteiger partial charge in [-0.25, -0.2) is 0 Å². The van der Waals surface area contributed by atoms with E-state index in [1.165, 1.54) is 37.8 Å². The summed E-state index contributed by atoms with van der Waals surface area (Å²) in [5.74, 6) is 0. The second-order valence-corrected chi connectivity index (χ2v) is 4.88. The number of nitrogens with one attached hydrogen (secondary N) is 1. The highest BCUT2D eigenvalue weighted by Gasteiger charge is 2.40. The van der Waals surface area contributed by atoms with Crippen molar-refractivity contribution >= 4 is 0 Å². The molecule has 0 aromatic carbocycles. The van der Waals surface area contributed by atoms with Crippen molar-refractivity contribution in [2.24, 2.45) is 12.5 Å². The highest BCUT2D eigenvalue weighted by atomic mass is 15.2. The van der Waals surface area contributed by atoms with Gasteiger partial charge in [0.1, 0.15) is 0 Å². The van der Waals surface area contributed by atoms with Gasteiger partial charge in [0.25, 0.3) is 0 Å². The van der Waals surface area contributed by atoms with E-state index in [1.807, 2.05) is 17.9 Å². The second kappa shape index (κ2) is 4.35. The van der Waals surface area contributed by atoms with Crippen LogP contribution in [0.1, 0.15) is 38.2 Å². The molecule has 1 aromatic rings. The molecule has 0 saturated heterocycles. The molecule has 1 aliphatic carbocycles. The molecule has 0 atom stereocenters. The summed E-state index contributed by atoms with van der Waals surface area (Å²) in [4.78, 5) is 0. The molecule has 1 fully saturated rings. The summed E-state index contributed by atoms with van der Waals surface area (Å²) >= 11 is 0. The zero-order valence-corrected chi connectivity index (χ0v) is 9.79. The van der Waals surface area contributed by atoms with Crippen LogP contribution in [0.15, 0.2) is 12.4 Å². The van der Waals surface area contributed by atoms with Crippen LogP contribution in [0.3, 0.4) is 0 Å². The minimum Gasteiger partial charge on any atom is -0.312 e. The van der Waals surface area contributed by atoms with E-state index in [0.717, 1.165) is 6.54 Å². The minimum atomic E-state index is 0.650. The second-order valence-electron chi connectivity index (χ2n) is 4.88. The Kier molecular flexibility index (Phi) is 3.10. The fraction of sp³-hybridized carbons (Fsp3) is 0.750. The topological polar surface area (TPSA) is 29.9 Å². The summed E-state index contributed by atoms with van der Waals surface area (Å²) < 4.78 is 1.86. The molecule has 0 unspecified atom stereocenters. The largest absolute Gasteiger partial charge is 0.312 e. The van der Waals surface area contributed by atoms with Crippen molar-refractivity contribution in [1.29, 1.82) is 0 Å². The monoisotopic (exact) mass is 207 g/mol. The molecular formula is C12H21N3. The summed E-state index contributed by atoms with van der Waals surface area (Å²) in [5.41, 5.74) is 1.93. The molecule has 2 rings (SSSR count). The van der Waals surface area contributed by atoms with Crippen LogP contribution in [0.4, 0.5) is 0 Å². The predicted molar refractivity (Wildman–Crippen MR) is 61.5 cm³/mol. The van der Waals surface area contributed by atoms with E-state index in [0.29, 0.717) is 5.41 Å². The Labute approximate surface area is 91.9 Å². The molecular weight excluding hydrogens is 186 g/mol. The maximum atomic E-state index is 4.16. The van der Waals surface area contributed by atoms with E-state index < -0.39 is 0 Å². The lowest BCUT2D eigenvalue weighted by atomic mass is 10.0. The molecule has 0 amide bonds. The molecule has 1 heterocycles. The molecule has 0 aliphatic heterocycles. The highest BCUT2D eigenvalue weighted by molar-refractivity contribution is 5.03. The van der Waals surface area contributed by atoms with E-state index in [1.54, 1.807) is 0 Å². The molecule has 1 aliphatic rings. The fourth-order valence-corrected chi connectivity index (χ4v) is 2.26. The van der Waals surface area contributed by atoms with E-state index in [2.05, 4.69) is 23.5 Å². The first-order valence-corrected chi connectivity index (χ1v) is 5.92. The Bertz CT molecular complexity index is 312. The minimum absolute atomic E-state index is 0.650.